The summed E-state index contributed by atoms with van der Waals surface area (Å²) in [6, 6.07) is 11.3. The molecule has 1 saturated carbocycles. The third-order valence-electron chi connectivity index (χ3n) is 5.55. The first kappa shape index (κ1) is 16.7. The van der Waals surface area contributed by atoms with Crippen LogP contribution in [0.3, 0.4) is 0 Å². The number of rotatable bonds is 7. The van der Waals surface area contributed by atoms with E-state index >= 15 is 0 Å². The summed E-state index contributed by atoms with van der Waals surface area (Å²) < 4.78 is 0. The van der Waals surface area contributed by atoms with Gasteiger partial charge in [-0.05, 0) is 36.2 Å². The third kappa shape index (κ3) is 4.38. The fourth-order valence-corrected chi connectivity index (χ4v) is 4.99. The summed E-state index contributed by atoms with van der Waals surface area (Å²) in [5.41, 5.74) is 2.22. The van der Waals surface area contributed by atoms with Crippen LogP contribution in [0.2, 0.25) is 12.1 Å². The molecule has 2 rings (SSSR count). The van der Waals surface area contributed by atoms with Gasteiger partial charge < -0.3 is 0 Å². The lowest BCUT2D eigenvalue weighted by Crippen LogP contribution is -2.32. The summed E-state index contributed by atoms with van der Waals surface area (Å²) in [5.74, 6) is 1.75. The second-order valence-corrected chi connectivity index (χ2v) is 7.41. The molecule has 1 aliphatic carbocycles. The molecule has 1 heteroatoms. The first-order valence-electron chi connectivity index (χ1n) is 9.28. The maximum atomic E-state index is 2.37. The first-order valence-corrected chi connectivity index (χ1v) is 9.28. The lowest BCUT2D eigenvalue weighted by molar-refractivity contribution is 0.137. The van der Waals surface area contributed by atoms with E-state index in [1.54, 1.807) is 5.56 Å². The zero-order valence-electron chi connectivity index (χ0n) is 14.4. The standard InChI is InChI=1S/C20H33B/c1-4-12-20(13-5-2)15-18(14-19(16-20)21-6-3)17-10-8-7-9-11-17/h7-11,18-19,21H,4-6,12-16H2,1-3H3. The van der Waals surface area contributed by atoms with Crippen LogP contribution in [0, 0.1) is 5.41 Å². The first-order chi connectivity index (χ1) is 10.2. The molecule has 1 aromatic carbocycles. The van der Waals surface area contributed by atoms with Gasteiger partial charge in [0.05, 0.1) is 0 Å². The van der Waals surface area contributed by atoms with E-state index in [1.807, 2.05) is 0 Å². The Bertz CT molecular complexity index is 392. The van der Waals surface area contributed by atoms with Crippen molar-refractivity contribution in [2.24, 2.45) is 5.41 Å². The minimum absolute atomic E-state index is 0.627. The third-order valence-corrected chi connectivity index (χ3v) is 5.55. The van der Waals surface area contributed by atoms with Gasteiger partial charge in [0, 0.05) is 0 Å². The molecule has 0 aliphatic heterocycles. The van der Waals surface area contributed by atoms with Crippen molar-refractivity contribution in [3.63, 3.8) is 0 Å². The van der Waals surface area contributed by atoms with Crippen molar-refractivity contribution in [1.29, 1.82) is 0 Å². The van der Waals surface area contributed by atoms with Crippen LogP contribution >= 0.6 is 0 Å². The number of hydrogen-bond acceptors (Lipinski definition) is 0. The van der Waals surface area contributed by atoms with E-state index < -0.39 is 0 Å². The van der Waals surface area contributed by atoms with Gasteiger partial charge in [-0.15, -0.1) is 0 Å². The zero-order valence-corrected chi connectivity index (χ0v) is 14.4. The van der Waals surface area contributed by atoms with Crippen molar-refractivity contribution >= 4 is 7.28 Å². The molecule has 1 fully saturated rings. The molecule has 1 aliphatic rings. The SMILES string of the molecule is CCBC1CC(c2ccccc2)CC(CCC)(CCC)C1. The molecule has 0 aromatic heterocycles. The van der Waals surface area contributed by atoms with Crippen molar-refractivity contribution in [2.75, 3.05) is 0 Å². The minimum Gasteiger partial charge on any atom is -0.0800 e. The predicted octanol–water partition coefficient (Wildman–Crippen LogP) is 6.20. The largest absolute Gasteiger partial charge is 0.123 e. The highest BCUT2D eigenvalue weighted by Gasteiger charge is 2.39. The number of hydrogen-bond donors (Lipinski definition) is 0. The Morgan fingerprint density at radius 3 is 2.24 bits per heavy atom. The van der Waals surface area contributed by atoms with Crippen molar-refractivity contribution < 1.29 is 0 Å². The maximum Gasteiger partial charge on any atom is 0.123 e. The molecule has 116 valence electrons. The van der Waals surface area contributed by atoms with Crippen LogP contribution in [0.5, 0.6) is 0 Å². The highest BCUT2D eigenvalue weighted by molar-refractivity contribution is 6.37. The second kappa shape index (κ2) is 8.06. The van der Waals surface area contributed by atoms with Crippen LogP contribution < -0.4 is 0 Å². The van der Waals surface area contributed by atoms with E-state index in [2.05, 4.69) is 51.1 Å². The van der Waals surface area contributed by atoms with Crippen molar-refractivity contribution in [3.8, 4) is 0 Å². The average Bonchev–Trinajstić information content (AvgIpc) is 2.49. The smallest absolute Gasteiger partial charge is 0.0800 e. The van der Waals surface area contributed by atoms with Crippen LogP contribution in [0.25, 0.3) is 0 Å². The Morgan fingerprint density at radius 2 is 1.67 bits per heavy atom. The summed E-state index contributed by atoms with van der Waals surface area (Å²) in [6.07, 6.45) is 11.3. The van der Waals surface area contributed by atoms with Crippen molar-refractivity contribution in [1.82, 2.24) is 0 Å². The minimum atomic E-state index is 0.627. The molecule has 1 aromatic rings. The van der Waals surface area contributed by atoms with E-state index in [0.717, 1.165) is 11.7 Å². The molecule has 0 heterocycles. The van der Waals surface area contributed by atoms with Gasteiger partial charge in [-0.2, -0.15) is 0 Å². The molecule has 21 heavy (non-hydrogen) atoms. The predicted molar refractivity (Wildman–Crippen MR) is 96.7 cm³/mol. The average molecular weight is 284 g/mol. The fourth-order valence-electron chi connectivity index (χ4n) is 4.99. The molecule has 0 N–H and O–H groups in total. The monoisotopic (exact) mass is 284 g/mol. The summed E-state index contributed by atoms with van der Waals surface area (Å²) in [5, 5.41) is 0. The van der Waals surface area contributed by atoms with Crippen LogP contribution in [0.15, 0.2) is 30.3 Å². The van der Waals surface area contributed by atoms with E-state index in [4.69, 9.17) is 0 Å². The molecule has 0 bridgehead atoms. The quantitative estimate of drug-likeness (QED) is 0.522. The second-order valence-electron chi connectivity index (χ2n) is 7.41. The van der Waals surface area contributed by atoms with Gasteiger partial charge in [0.25, 0.3) is 0 Å². The normalized spacial score (nSPS) is 24.7. The maximum absolute atomic E-state index is 2.37. The molecule has 0 amide bonds. The van der Waals surface area contributed by atoms with Crippen LogP contribution in [-0.2, 0) is 0 Å². The molecular formula is C20H33B. The van der Waals surface area contributed by atoms with Crippen LogP contribution in [0.4, 0.5) is 0 Å². The molecule has 2 unspecified atom stereocenters. The van der Waals surface area contributed by atoms with Gasteiger partial charge >= 0.3 is 0 Å². The Balaban J connectivity index is 2.21. The van der Waals surface area contributed by atoms with E-state index in [0.29, 0.717) is 5.41 Å². The molecular weight excluding hydrogens is 251 g/mol. The zero-order chi connectivity index (χ0) is 15.1. The highest BCUT2D eigenvalue weighted by atomic mass is 14.4. The van der Waals surface area contributed by atoms with Gasteiger partial charge in [0.15, 0.2) is 0 Å². The summed E-state index contributed by atoms with van der Waals surface area (Å²) in [6.45, 7) is 7.10. The molecule has 0 saturated heterocycles. The Morgan fingerprint density at radius 1 is 1.00 bits per heavy atom. The van der Waals surface area contributed by atoms with E-state index in [1.165, 1.54) is 58.5 Å². The van der Waals surface area contributed by atoms with Gasteiger partial charge in [0.1, 0.15) is 7.28 Å². The summed E-state index contributed by atoms with van der Waals surface area (Å²) in [4.78, 5) is 0. The van der Waals surface area contributed by atoms with E-state index in [9.17, 15) is 0 Å². The topological polar surface area (TPSA) is 0 Å². The lowest BCUT2D eigenvalue weighted by atomic mass is 9.49. The van der Waals surface area contributed by atoms with Crippen LogP contribution in [0.1, 0.15) is 77.2 Å². The summed E-state index contributed by atoms with van der Waals surface area (Å²) >= 11 is 0. The van der Waals surface area contributed by atoms with Gasteiger partial charge in [-0.1, -0.05) is 88.9 Å². The fraction of sp³-hybridized carbons (Fsp3) is 0.700. The van der Waals surface area contributed by atoms with Crippen LogP contribution in [-0.4, -0.2) is 7.28 Å². The molecule has 0 nitrogen and oxygen atoms in total. The Labute approximate surface area is 133 Å². The van der Waals surface area contributed by atoms with Crippen molar-refractivity contribution in [2.45, 2.75) is 83.8 Å². The van der Waals surface area contributed by atoms with Gasteiger partial charge in [-0.3, -0.25) is 0 Å². The highest BCUT2D eigenvalue weighted by Crippen LogP contribution is 2.53. The lowest BCUT2D eigenvalue weighted by Gasteiger charge is -2.45. The molecule has 0 radical (unpaired) electrons. The molecule has 0 spiro atoms. The van der Waals surface area contributed by atoms with E-state index in [-0.39, 0.29) is 0 Å². The number of benzene rings is 1. The van der Waals surface area contributed by atoms with Gasteiger partial charge in [0.2, 0.25) is 0 Å². The Kier molecular flexibility index (Phi) is 6.39. The summed E-state index contributed by atoms with van der Waals surface area (Å²) in [7, 11) is 1.43. The van der Waals surface area contributed by atoms with Gasteiger partial charge in [-0.25, -0.2) is 0 Å². The molecule has 2 atom stereocenters. The Hall–Kier alpha value is -0.715. The van der Waals surface area contributed by atoms with Crippen molar-refractivity contribution in [3.05, 3.63) is 35.9 Å².